The molecule has 0 aliphatic heterocycles. The number of rotatable bonds is 4. The van der Waals surface area contributed by atoms with Gasteiger partial charge in [-0.25, -0.2) is 4.39 Å². The second-order valence-electron chi connectivity index (χ2n) is 4.00. The van der Waals surface area contributed by atoms with Crippen LogP contribution in [0.1, 0.15) is 12.5 Å². The SMILES string of the molecule is CC(CCl)(CCl)Cc1ccc(F)c(Cl)c1. The fourth-order valence-corrected chi connectivity index (χ4v) is 1.95. The average molecular weight is 270 g/mol. The normalized spacial score (nSPS) is 11.8. The summed E-state index contributed by atoms with van der Waals surface area (Å²) >= 11 is 17.4. The standard InChI is InChI=1S/C11H12Cl3F/c1-11(6-12,7-13)5-8-2-3-10(15)9(14)4-8/h2-4H,5-7H2,1H3. The minimum atomic E-state index is -0.404. The quantitative estimate of drug-likeness (QED) is 0.706. The van der Waals surface area contributed by atoms with Crippen LogP contribution in [0.25, 0.3) is 0 Å². The van der Waals surface area contributed by atoms with E-state index in [0.29, 0.717) is 18.2 Å². The van der Waals surface area contributed by atoms with Gasteiger partial charge in [-0.1, -0.05) is 24.6 Å². The highest BCUT2D eigenvalue weighted by Gasteiger charge is 2.22. The summed E-state index contributed by atoms with van der Waals surface area (Å²) in [5.41, 5.74) is 0.773. The molecule has 0 saturated heterocycles. The van der Waals surface area contributed by atoms with Crippen LogP contribution in [-0.2, 0) is 6.42 Å². The third-order valence-electron chi connectivity index (χ3n) is 2.26. The molecule has 0 unspecified atom stereocenters. The molecule has 0 atom stereocenters. The Hall–Kier alpha value is 0.0200. The summed E-state index contributed by atoms with van der Waals surface area (Å²) in [7, 11) is 0. The minimum Gasteiger partial charge on any atom is -0.205 e. The van der Waals surface area contributed by atoms with Crippen molar-refractivity contribution in [1.82, 2.24) is 0 Å². The smallest absolute Gasteiger partial charge is 0.141 e. The third-order valence-corrected chi connectivity index (χ3v) is 3.84. The zero-order valence-corrected chi connectivity index (χ0v) is 10.6. The third kappa shape index (κ3) is 3.51. The van der Waals surface area contributed by atoms with Crippen molar-refractivity contribution >= 4 is 34.8 Å². The van der Waals surface area contributed by atoms with E-state index < -0.39 is 5.82 Å². The van der Waals surface area contributed by atoms with Gasteiger partial charge in [-0.3, -0.25) is 0 Å². The Morgan fingerprint density at radius 2 is 1.87 bits per heavy atom. The van der Waals surface area contributed by atoms with Gasteiger partial charge in [0.2, 0.25) is 0 Å². The molecule has 84 valence electrons. The fraction of sp³-hybridized carbons (Fsp3) is 0.455. The van der Waals surface area contributed by atoms with Gasteiger partial charge in [-0.05, 0) is 29.5 Å². The molecule has 15 heavy (non-hydrogen) atoms. The van der Waals surface area contributed by atoms with E-state index in [0.717, 1.165) is 5.56 Å². The monoisotopic (exact) mass is 268 g/mol. The molecular weight excluding hydrogens is 257 g/mol. The van der Waals surface area contributed by atoms with Gasteiger partial charge in [-0.2, -0.15) is 0 Å². The maximum Gasteiger partial charge on any atom is 0.141 e. The lowest BCUT2D eigenvalue weighted by molar-refractivity contribution is 0.425. The maximum atomic E-state index is 12.9. The molecule has 0 fully saturated rings. The summed E-state index contributed by atoms with van der Waals surface area (Å²) in [5.74, 6) is 0.524. The number of benzene rings is 1. The van der Waals surface area contributed by atoms with Crippen molar-refractivity contribution in [3.63, 3.8) is 0 Å². The van der Waals surface area contributed by atoms with Gasteiger partial charge in [0.25, 0.3) is 0 Å². The van der Waals surface area contributed by atoms with Crippen LogP contribution in [0.2, 0.25) is 5.02 Å². The molecule has 0 bridgehead atoms. The zero-order chi connectivity index (χ0) is 11.5. The van der Waals surface area contributed by atoms with E-state index in [1.807, 2.05) is 6.92 Å². The van der Waals surface area contributed by atoms with Crippen molar-refractivity contribution in [3.8, 4) is 0 Å². The van der Waals surface area contributed by atoms with Crippen LogP contribution < -0.4 is 0 Å². The molecule has 0 saturated carbocycles. The first-order valence-corrected chi connectivity index (χ1v) is 6.01. The molecule has 0 N–H and O–H groups in total. The second kappa shape index (κ2) is 5.38. The largest absolute Gasteiger partial charge is 0.205 e. The van der Waals surface area contributed by atoms with Crippen molar-refractivity contribution in [1.29, 1.82) is 0 Å². The van der Waals surface area contributed by atoms with Crippen LogP contribution in [0.3, 0.4) is 0 Å². The summed E-state index contributed by atoms with van der Waals surface area (Å²) in [6, 6.07) is 4.69. The highest BCUT2D eigenvalue weighted by atomic mass is 35.5. The van der Waals surface area contributed by atoms with E-state index in [1.54, 1.807) is 12.1 Å². The van der Waals surface area contributed by atoms with E-state index in [-0.39, 0.29) is 10.4 Å². The number of hydrogen-bond acceptors (Lipinski definition) is 0. The van der Waals surface area contributed by atoms with Crippen LogP contribution in [-0.4, -0.2) is 11.8 Å². The highest BCUT2D eigenvalue weighted by molar-refractivity contribution is 6.30. The molecule has 0 nitrogen and oxygen atoms in total. The predicted molar refractivity (Wildman–Crippen MR) is 64.7 cm³/mol. The first-order chi connectivity index (χ1) is 7.00. The van der Waals surface area contributed by atoms with Crippen LogP contribution in [0, 0.1) is 11.2 Å². The second-order valence-corrected chi connectivity index (χ2v) is 4.94. The van der Waals surface area contributed by atoms with Crippen molar-refractivity contribution in [2.24, 2.45) is 5.41 Å². The molecule has 0 spiro atoms. The number of alkyl halides is 2. The first-order valence-electron chi connectivity index (χ1n) is 4.56. The Balaban J connectivity index is 2.85. The molecule has 0 aromatic heterocycles. The molecule has 0 aliphatic carbocycles. The Bertz CT molecular complexity index is 335. The molecule has 0 radical (unpaired) electrons. The van der Waals surface area contributed by atoms with Gasteiger partial charge in [-0.15, -0.1) is 23.2 Å². The summed E-state index contributed by atoms with van der Waals surface area (Å²) < 4.78 is 12.9. The Morgan fingerprint density at radius 3 is 2.33 bits per heavy atom. The van der Waals surface area contributed by atoms with Crippen molar-refractivity contribution < 1.29 is 4.39 Å². The van der Waals surface area contributed by atoms with Crippen LogP contribution in [0.5, 0.6) is 0 Å². The van der Waals surface area contributed by atoms with Crippen molar-refractivity contribution in [3.05, 3.63) is 34.6 Å². The molecule has 1 rings (SSSR count). The minimum absolute atomic E-state index is 0.138. The van der Waals surface area contributed by atoms with E-state index in [9.17, 15) is 4.39 Å². The van der Waals surface area contributed by atoms with Gasteiger partial charge in [0.15, 0.2) is 0 Å². The highest BCUT2D eigenvalue weighted by Crippen LogP contribution is 2.27. The summed E-state index contributed by atoms with van der Waals surface area (Å²) in [5, 5.41) is 0.138. The van der Waals surface area contributed by atoms with Crippen LogP contribution in [0.4, 0.5) is 4.39 Å². The molecule has 1 aromatic rings. The van der Waals surface area contributed by atoms with Gasteiger partial charge in [0.05, 0.1) is 5.02 Å². The maximum absolute atomic E-state index is 12.9. The van der Waals surface area contributed by atoms with Crippen molar-refractivity contribution in [2.75, 3.05) is 11.8 Å². The lowest BCUT2D eigenvalue weighted by Crippen LogP contribution is -2.23. The van der Waals surface area contributed by atoms with Crippen LogP contribution in [0.15, 0.2) is 18.2 Å². The summed E-state index contributed by atoms with van der Waals surface area (Å²) in [4.78, 5) is 0. The predicted octanol–water partition coefficient (Wildman–Crippen LogP) is 4.51. The lowest BCUT2D eigenvalue weighted by atomic mass is 9.87. The van der Waals surface area contributed by atoms with E-state index in [2.05, 4.69) is 0 Å². The molecule has 0 heterocycles. The average Bonchev–Trinajstić information content (AvgIpc) is 2.23. The van der Waals surface area contributed by atoms with Gasteiger partial charge >= 0.3 is 0 Å². The molecule has 1 aromatic carbocycles. The lowest BCUT2D eigenvalue weighted by Gasteiger charge is -2.24. The molecule has 0 amide bonds. The van der Waals surface area contributed by atoms with Gasteiger partial charge in [0.1, 0.15) is 5.82 Å². The number of halogens is 4. The van der Waals surface area contributed by atoms with Gasteiger partial charge < -0.3 is 0 Å². The van der Waals surface area contributed by atoms with Crippen molar-refractivity contribution in [2.45, 2.75) is 13.3 Å². The van der Waals surface area contributed by atoms with Crippen LogP contribution >= 0.6 is 34.8 Å². The summed E-state index contributed by atoms with van der Waals surface area (Å²) in [6.45, 7) is 1.99. The number of hydrogen-bond donors (Lipinski definition) is 0. The van der Waals surface area contributed by atoms with E-state index >= 15 is 0 Å². The Labute approximate surface area is 104 Å². The fourth-order valence-electron chi connectivity index (χ4n) is 1.27. The first kappa shape index (κ1) is 13.1. The van der Waals surface area contributed by atoms with Gasteiger partial charge in [0, 0.05) is 11.8 Å². The topological polar surface area (TPSA) is 0 Å². The molecule has 4 heteroatoms. The zero-order valence-electron chi connectivity index (χ0n) is 8.37. The van der Waals surface area contributed by atoms with E-state index in [1.165, 1.54) is 6.07 Å². The Morgan fingerprint density at radius 1 is 1.27 bits per heavy atom. The Kier molecular flexibility index (Phi) is 4.69. The molecule has 0 aliphatic rings. The molecular formula is C11H12Cl3F. The van der Waals surface area contributed by atoms with E-state index in [4.69, 9.17) is 34.8 Å². The summed E-state index contributed by atoms with van der Waals surface area (Å²) in [6.07, 6.45) is 0.694.